The summed E-state index contributed by atoms with van der Waals surface area (Å²) in [6.07, 6.45) is 0. The van der Waals surface area contributed by atoms with Gasteiger partial charge >= 0.3 is 0 Å². The number of nitrogens with zero attached hydrogens (tertiary/aromatic N) is 2. The lowest BCUT2D eigenvalue weighted by Crippen LogP contribution is -2.33. The van der Waals surface area contributed by atoms with Crippen molar-refractivity contribution in [3.63, 3.8) is 0 Å². The smallest absolute Gasteiger partial charge is 0.255 e. The summed E-state index contributed by atoms with van der Waals surface area (Å²) in [5.41, 5.74) is 0.169. The monoisotopic (exact) mass is 478 g/mol. The molecule has 0 aliphatic carbocycles. The fraction of sp³-hybridized carbons (Fsp3) is 0.353. The SMILES string of the molecule is CC(C)N(C)S(=O)(=O)c1ccc(Cl)c(C(=O)N(C)Cc2ccc(Br)s2)c1. The number of benzene rings is 1. The van der Waals surface area contributed by atoms with Gasteiger partial charge in [0.2, 0.25) is 10.0 Å². The van der Waals surface area contributed by atoms with Gasteiger partial charge in [0.25, 0.3) is 5.91 Å². The van der Waals surface area contributed by atoms with E-state index in [1.54, 1.807) is 20.9 Å². The van der Waals surface area contributed by atoms with E-state index in [1.165, 1.54) is 45.8 Å². The van der Waals surface area contributed by atoms with Gasteiger partial charge in [0.15, 0.2) is 0 Å². The zero-order valence-electron chi connectivity index (χ0n) is 14.9. The summed E-state index contributed by atoms with van der Waals surface area (Å²) in [6.45, 7) is 3.98. The van der Waals surface area contributed by atoms with Crippen LogP contribution < -0.4 is 0 Å². The Balaban J connectivity index is 2.33. The van der Waals surface area contributed by atoms with Crippen molar-refractivity contribution in [2.24, 2.45) is 0 Å². The zero-order valence-corrected chi connectivity index (χ0v) is 18.8. The van der Waals surface area contributed by atoms with E-state index in [0.29, 0.717) is 6.54 Å². The van der Waals surface area contributed by atoms with Crippen LogP contribution in [0, 0.1) is 0 Å². The molecule has 0 atom stereocenters. The first-order valence-corrected chi connectivity index (χ1v) is 11.2. The molecule has 0 N–H and O–H groups in total. The number of halogens is 2. The summed E-state index contributed by atoms with van der Waals surface area (Å²) >= 11 is 11.1. The number of hydrogen-bond donors (Lipinski definition) is 0. The molecule has 2 aromatic rings. The van der Waals surface area contributed by atoms with E-state index in [2.05, 4.69) is 15.9 Å². The number of carbonyl (C=O) groups excluding carboxylic acids is 1. The van der Waals surface area contributed by atoms with E-state index in [1.807, 2.05) is 12.1 Å². The minimum Gasteiger partial charge on any atom is -0.337 e. The average Bonchev–Trinajstić information content (AvgIpc) is 2.98. The molecule has 0 saturated carbocycles. The van der Waals surface area contributed by atoms with Crippen LogP contribution in [0.15, 0.2) is 39.0 Å². The maximum absolute atomic E-state index is 12.8. The summed E-state index contributed by atoms with van der Waals surface area (Å²) in [6, 6.07) is 7.86. The van der Waals surface area contributed by atoms with Crippen molar-refractivity contribution >= 4 is 54.8 Å². The van der Waals surface area contributed by atoms with Gasteiger partial charge in [-0.2, -0.15) is 4.31 Å². The normalized spacial score (nSPS) is 12.0. The van der Waals surface area contributed by atoms with E-state index in [-0.39, 0.29) is 27.4 Å². The first kappa shape index (κ1) is 21.4. The highest BCUT2D eigenvalue weighted by Gasteiger charge is 2.26. The highest BCUT2D eigenvalue weighted by Crippen LogP contribution is 2.26. The third-order valence-corrected chi connectivity index (χ3v) is 7.91. The maximum Gasteiger partial charge on any atom is 0.255 e. The topological polar surface area (TPSA) is 57.7 Å². The van der Waals surface area contributed by atoms with Gasteiger partial charge in [0, 0.05) is 25.0 Å². The highest BCUT2D eigenvalue weighted by molar-refractivity contribution is 9.11. The third kappa shape index (κ3) is 4.67. The Kier molecular flexibility index (Phi) is 6.90. The molecule has 0 radical (unpaired) electrons. The van der Waals surface area contributed by atoms with E-state index in [4.69, 9.17) is 11.6 Å². The van der Waals surface area contributed by atoms with Crippen LogP contribution in [-0.4, -0.2) is 43.7 Å². The van der Waals surface area contributed by atoms with E-state index in [0.717, 1.165) is 8.66 Å². The van der Waals surface area contributed by atoms with E-state index < -0.39 is 10.0 Å². The molecule has 1 aromatic carbocycles. The summed E-state index contributed by atoms with van der Waals surface area (Å²) in [7, 11) is -0.521. The summed E-state index contributed by atoms with van der Waals surface area (Å²) in [5.74, 6) is -0.330. The standard InChI is InChI=1S/C17H20BrClN2O3S2/c1-11(2)21(4)26(23,24)13-6-7-15(19)14(9-13)17(22)20(3)10-12-5-8-16(18)25-12/h5-9,11H,10H2,1-4H3. The number of amides is 1. The van der Waals surface area contributed by atoms with Crippen LogP contribution >= 0.6 is 38.9 Å². The van der Waals surface area contributed by atoms with Crippen LogP contribution in [0.25, 0.3) is 0 Å². The molecule has 2 rings (SSSR count). The Hall–Kier alpha value is -0.930. The van der Waals surface area contributed by atoms with Crippen molar-refractivity contribution in [1.29, 1.82) is 0 Å². The number of sulfonamides is 1. The van der Waals surface area contributed by atoms with Crippen LogP contribution in [0.4, 0.5) is 0 Å². The van der Waals surface area contributed by atoms with Gasteiger partial charge in [-0.1, -0.05) is 11.6 Å². The molecule has 0 aliphatic heterocycles. The predicted molar refractivity (Wildman–Crippen MR) is 109 cm³/mol. The molecule has 0 saturated heterocycles. The largest absolute Gasteiger partial charge is 0.337 e. The number of rotatable bonds is 6. The minimum absolute atomic E-state index is 0.0497. The Morgan fingerprint density at radius 1 is 1.23 bits per heavy atom. The molecule has 1 aromatic heterocycles. The Morgan fingerprint density at radius 2 is 1.88 bits per heavy atom. The van der Waals surface area contributed by atoms with Crippen LogP contribution in [-0.2, 0) is 16.6 Å². The second-order valence-corrected chi connectivity index (χ2v) is 11.1. The van der Waals surface area contributed by atoms with Crippen LogP contribution in [0.1, 0.15) is 29.1 Å². The van der Waals surface area contributed by atoms with Crippen molar-refractivity contribution in [3.05, 3.63) is 49.6 Å². The quantitative estimate of drug-likeness (QED) is 0.614. The lowest BCUT2D eigenvalue weighted by atomic mass is 10.2. The average molecular weight is 480 g/mol. The first-order valence-electron chi connectivity index (χ1n) is 7.81. The highest BCUT2D eigenvalue weighted by atomic mass is 79.9. The van der Waals surface area contributed by atoms with Crippen LogP contribution in [0.2, 0.25) is 5.02 Å². The third-order valence-electron chi connectivity index (χ3n) is 3.94. The molecule has 1 amide bonds. The van der Waals surface area contributed by atoms with E-state index >= 15 is 0 Å². The number of thiophene rings is 1. The minimum atomic E-state index is -3.69. The molecule has 142 valence electrons. The second-order valence-electron chi connectivity index (χ2n) is 6.12. The molecule has 0 fully saturated rings. The molecular weight excluding hydrogens is 460 g/mol. The van der Waals surface area contributed by atoms with Crippen molar-refractivity contribution in [2.75, 3.05) is 14.1 Å². The van der Waals surface area contributed by atoms with Gasteiger partial charge < -0.3 is 4.90 Å². The molecular formula is C17H20BrClN2O3S2. The van der Waals surface area contributed by atoms with Gasteiger partial charge in [-0.3, -0.25) is 4.79 Å². The fourth-order valence-electron chi connectivity index (χ4n) is 2.22. The Morgan fingerprint density at radius 3 is 2.42 bits per heavy atom. The van der Waals surface area contributed by atoms with Crippen LogP contribution in [0.3, 0.4) is 0 Å². The lowest BCUT2D eigenvalue weighted by molar-refractivity contribution is 0.0786. The molecule has 1 heterocycles. The van der Waals surface area contributed by atoms with Crippen molar-refractivity contribution in [1.82, 2.24) is 9.21 Å². The van der Waals surface area contributed by atoms with E-state index in [9.17, 15) is 13.2 Å². The first-order chi connectivity index (χ1) is 12.0. The fourth-order valence-corrected chi connectivity index (χ4v) is 5.35. The molecule has 0 bridgehead atoms. The summed E-state index contributed by atoms with van der Waals surface area (Å²) < 4.78 is 27.6. The molecule has 0 spiro atoms. The van der Waals surface area contributed by atoms with Crippen molar-refractivity contribution < 1.29 is 13.2 Å². The van der Waals surface area contributed by atoms with Gasteiger partial charge in [0.05, 0.1) is 25.8 Å². The molecule has 0 aliphatic rings. The molecule has 0 unspecified atom stereocenters. The summed E-state index contributed by atoms with van der Waals surface area (Å²) in [5, 5.41) is 0.223. The number of hydrogen-bond acceptors (Lipinski definition) is 4. The molecule has 26 heavy (non-hydrogen) atoms. The van der Waals surface area contributed by atoms with Gasteiger partial charge in [-0.15, -0.1) is 11.3 Å². The lowest BCUT2D eigenvalue weighted by Gasteiger charge is -2.22. The number of carbonyl (C=O) groups is 1. The van der Waals surface area contributed by atoms with Gasteiger partial charge in [-0.05, 0) is 60.1 Å². The van der Waals surface area contributed by atoms with Gasteiger partial charge in [0.1, 0.15) is 0 Å². The predicted octanol–water partition coefficient (Wildman–Crippen LogP) is 4.47. The Bertz CT molecular complexity index is 912. The Labute approximate surface area is 171 Å². The van der Waals surface area contributed by atoms with Crippen LogP contribution in [0.5, 0.6) is 0 Å². The molecule has 5 nitrogen and oxygen atoms in total. The second kappa shape index (κ2) is 8.39. The summed E-state index contributed by atoms with van der Waals surface area (Å²) in [4.78, 5) is 15.4. The maximum atomic E-state index is 12.8. The zero-order chi connectivity index (χ0) is 19.6. The van der Waals surface area contributed by atoms with Crippen molar-refractivity contribution in [3.8, 4) is 0 Å². The molecule has 9 heteroatoms. The van der Waals surface area contributed by atoms with Crippen molar-refractivity contribution in [2.45, 2.75) is 31.3 Å². The van der Waals surface area contributed by atoms with Gasteiger partial charge in [-0.25, -0.2) is 8.42 Å².